The molecule has 0 atom stereocenters. The average molecular weight is 282 g/mol. The van der Waals surface area contributed by atoms with Crippen molar-refractivity contribution < 1.29 is 4.79 Å². The minimum absolute atomic E-state index is 0.0467. The van der Waals surface area contributed by atoms with Crippen molar-refractivity contribution in [3.8, 4) is 0 Å². The Hall–Kier alpha value is -0.810. The normalized spacial score (nSPS) is 25.0. The number of carbonyl (C=O) groups is 1. The van der Waals surface area contributed by atoms with Crippen LogP contribution in [0.15, 0.2) is 22.8 Å². The number of rotatable bonds is 3. The molecular weight excluding hydrogens is 264 g/mol. The molecule has 3 nitrogen and oxygen atoms in total. The SMILES string of the molecule is CCN1C(=O)/C(=C/C=C2/CCCN2CC)SC1=S. The van der Waals surface area contributed by atoms with Gasteiger partial charge in [-0.2, -0.15) is 0 Å². The first-order valence-electron chi connectivity index (χ1n) is 6.36. The lowest BCUT2D eigenvalue weighted by atomic mass is 10.3. The fraction of sp³-hybridized carbons (Fsp3) is 0.538. The zero-order chi connectivity index (χ0) is 13.1. The number of likely N-dealkylation sites (tertiary alicyclic amines) is 1. The van der Waals surface area contributed by atoms with Crippen molar-refractivity contribution in [1.82, 2.24) is 9.80 Å². The Morgan fingerprint density at radius 1 is 1.33 bits per heavy atom. The van der Waals surface area contributed by atoms with Crippen molar-refractivity contribution in [1.29, 1.82) is 0 Å². The van der Waals surface area contributed by atoms with Crippen LogP contribution in [0.25, 0.3) is 0 Å². The Labute approximate surface area is 118 Å². The molecule has 0 unspecified atom stereocenters. The van der Waals surface area contributed by atoms with E-state index in [1.165, 1.54) is 23.9 Å². The summed E-state index contributed by atoms with van der Waals surface area (Å²) in [5.41, 5.74) is 1.33. The first-order chi connectivity index (χ1) is 8.67. The van der Waals surface area contributed by atoms with Gasteiger partial charge in [-0.1, -0.05) is 24.0 Å². The highest BCUT2D eigenvalue weighted by Gasteiger charge is 2.30. The first kappa shape index (κ1) is 13.6. The Morgan fingerprint density at radius 2 is 2.11 bits per heavy atom. The van der Waals surface area contributed by atoms with E-state index >= 15 is 0 Å². The van der Waals surface area contributed by atoms with Crippen LogP contribution in [0.3, 0.4) is 0 Å². The molecule has 2 aliphatic heterocycles. The van der Waals surface area contributed by atoms with Crippen LogP contribution in [-0.4, -0.2) is 39.7 Å². The molecule has 0 aromatic rings. The van der Waals surface area contributed by atoms with Crippen LogP contribution in [0.2, 0.25) is 0 Å². The lowest BCUT2D eigenvalue weighted by Crippen LogP contribution is -2.27. The molecule has 2 saturated heterocycles. The molecule has 2 rings (SSSR count). The second-order valence-corrected chi connectivity index (χ2v) is 5.97. The summed E-state index contributed by atoms with van der Waals surface area (Å²) in [6, 6.07) is 0. The molecule has 18 heavy (non-hydrogen) atoms. The molecule has 1 amide bonds. The molecule has 0 radical (unpaired) electrons. The largest absolute Gasteiger partial charge is 0.375 e. The summed E-state index contributed by atoms with van der Waals surface area (Å²) in [6.45, 7) is 6.93. The molecule has 0 aliphatic carbocycles. The topological polar surface area (TPSA) is 23.6 Å². The Bertz CT molecular complexity index is 429. The third-order valence-corrected chi connectivity index (χ3v) is 4.66. The van der Waals surface area contributed by atoms with E-state index in [1.807, 2.05) is 13.0 Å². The fourth-order valence-electron chi connectivity index (χ4n) is 2.26. The van der Waals surface area contributed by atoms with Gasteiger partial charge in [0.1, 0.15) is 4.32 Å². The lowest BCUT2D eigenvalue weighted by Gasteiger charge is -2.16. The molecule has 5 heteroatoms. The Kier molecular flexibility index (Phi) is 4.45. The number of thioether (sulfide) groups is 1. The van der Waals surface area contributed by atoms with Crippen LogP contribution < -0.4 is 0 Å². The molecule has 98 valence electrons. The fourth-order valence-corrected chi connectivity index (χ4v) is 3.59. The van der Waals surface area contributed by atoms with Gasteiger partial charge in [0.2, 0.25) is 0 Å². The van der Waals surface area contributed by atoms with E-state index in [-0.39, 0.29) is 5.91 Å². The predicted octanol–water partition coefficient (Wildman–Crippen LogP) is 2.75. The van der Waals surface area contributed by atoms with Crippen molar-refractivity contribution in [3.05, 3.63) is 22.8 Å². The quantitative estimate of drug-likeness (QED) is 0.586. The highest BCUT2D eigenvalue weighted by atomic mass is 32.2. The number of nitrogens with zero attached hydrogens (tertiary/aromatic N) is 2. The van der Waals surface area contributed by atoms with Crippen LogP contribution in [-0.2, 0) is 4.79 Å². The molecular formula is C13H18N2OS2. The molecule has 0 aromatic carbocycles. The van der Waals surface area contributed by atoms with Crippen molar-refractivity contribution in [2.24, 2.45) is 0 Å². The van der Waals surface area contributed by atoms with E-state index in [0.29, 0.717) is 10.9 Å². The zero-order valence-electron chi connectivity index (χ0n) is 10.8. The van der Waals surface area contributed by atoms with E-state index in [4.69, 9.17) is 12.2 Å². The minimum atomic E-state index is 0.0467. The molecule has 2 fully saturated rings. The molecule has 0 saturated carbocycles. The second-order valence-electron chi connectivity index (χ2n) is 4.29. The smallest absolute Gasteiger partial charge is 0.266 e. The van der Waals surface area contributed by atoms with E-state index < -0.39 is 0 Å². The van der Waals surface area contributed by atoms with Crippen molar-refractivity contribution in [2.75, 3.05) is 19.6 Å². The third-order valence-electron chi connectivity index (χ3n) is 3.27. The molecule has 2 heterocycles. The van der Waals surface area contributed by atoms with Crippen LogP contribution in [0.4, 0.5) is 0 Å². The van der Waals surface area contributed by atoms with Gasteiger partial charge in [0.15, 0.2) is 0 Å². The zero-order valence-corrected chi connectivity index (χ0v) is 12.4. The molecule has 0 N–H and O–H groups in total. The third kappa shape index (κ3) is 2.62. The van der Waals surface area contributed by atoms with Crippen LogP contribution in [0.1, 0.15) is 26.7 Å². The minimum Gasteiger partial charge on any atom is -0.375 e. The van der Waals surface area contributed by atoms with Crippen LogP contribution in [0, 0.1) is 0 Å². The summed E-state index contributed by atoms with van der Waals surface area (Å²) in [5, 5.41) is 0. The number of thiocarbonyl (C=S) groups is 1. The molecule has 0 aromatic heterocycles. The molecule has 0 spiro atoms. The van der Waals surface area contributed by atoms with Gasteiger partial charge < -0.3 is 4.90 Å². The standard InChI is InChI=1S/C13H18N2OS2/c1-3-14-9-5-6-10(14)7-8-11-12(16)15(4-2)13(17)18-11/h7-8H,3-6,9H2,1-2H3/b10-7-,11-8-. The molecule has 2 aliphatic rings. The summed E-state index contributed by atoms with van der Waals surface area (Å²) in [6.07, 6.45) is 6.33. The van der Waals surface area contributed by atoms with E-state index in [0.717, 1.165) is 24.4 Å². The maximum absolute atomic E-state index is 12.0. The number of carbonyl (C=O) groups excluding carboxylic acids is 1. The maximum atomic E-state index is 12.0. The number of allylic oxidation sites excluding steroid dienone is 3. The van der Waals surface area contributed by atoms with Gasteiger partial charge in [-0.3, -0.25) is 9.69 Å². The highest BCUT2D eigenvalue weighted by molar-refractivity contribution is 8.26. The summed E-state index contributed by atoms with van der Waals surface area (Å²) in [4.78, 5) is 16.8. The van der Waals surface area contributed by atoms with Crippen LogP contribution >= 0.6 is 24.0 Å². The number of amides is 1. The van der Waals surface area contributed by atoms with E-state index in [1.54, 1.807) is 4.90 Å². The summed E-state index contributed by atoms with van der Waals surface area (Å²) in [5.74, 6) is 0.0467. The monoisotopic (exact) mass is 282 g/mol. The van der Waals surface area contributed by atoms with Crippen molar-refractivity contribution >= 4 is 34.2 Å². The van der Waals surface area contributed by atoms with E-state index in [9.17, 15) is 4.79 Å². The number of hydrogen-bond donors (Lipinski definition) is 0. The van der Waals surface area contributed by atoms with Gasteiger partial charge in [0.05, 0.1) is 4.91 Å². The second kappa shape index (κ2) is 5.89. The Balaban J connectivity index is 2.13. The summed E-state index contributed by atoms with van der Waals surface area (Å²) >= 11 is 6.59. The first-order valence-corrected chi connectivity index (χ1v) is 7.59. The predicted molar refractivity (Wildman–Crippen MR) is 80.2 cm³/mol. The number of likely N-dealkylation sites (N-methyl/N-ethyl adjacent to an activating group) is 1. The van der Waals surface area contributed by atoms with Gasteiger partial charge in [-0.25, -0.2) is 0 Å². The lowest BCUT2D eigenvalue weighted by molar-refractivity contribution is -0.122. The van der Waals surface area contributed by atoms with Crippen molar-refractivity contribution in [3.63, 3.8) is 0 Å². The van der Waals surface area contributed by atoms with Crippen molar-refractivity contribution in [2.45, 2.75) is 26.7 Å². The summed E-state index contributed by atoms with van der Waals surface area (Å²) in [7, 11) is 0. The van der Waals surface area contributed by atoms with Gasteiger partial charge in [-0.05, 0) is 38.8 Å². The van der Waals surface area contributed by atoms with Gasteiger partial charge >= 0.3 is 0 Å². The van der Waals surface area contributed by atoms with Gasteiger partial charge in [-0.15, -0.1) is 0 Å². The van der Waals surface area contributed by atoms with Gasteiger partial charge in [0.25, 0.3) is 5.91 Å². The van der Waals surface area contributed by atoms with E-state index in [2.05, 4.69) is 17.9 Å². The van der Waals surface area contributed by atoms with Crippen LogP contribution in [0.5, 0.6) is 0 Å². The summed E-state index contributed by atoms with van der Waals surface area (Å²) < 4.78 is 0.672. The molecule has 0 bridgehead atoms. The Morgan fingerprint density at radius 3 is 2.72 bits per heavy atom. The van der Waals surface area contributed by atoms with Gasteiger partial charge in [0, 0.05) is 25.3 Å². The average Bonchev–Trinajstić information content (AvgIpc) is 2.91. The highest BCUT2D eigenvalue weighted by Crippen LogP contribution is 2.31. The maximum Gasteiger partial charge on any atom is 0.266 e. The number of hydrogen-bond acceptors (Lipinski definition) is 4.